The van der Waals surface area contributed by atoms with Gasteiger partial charge in [0.25, 0.3) is 0 Å². The fourth-order valence-corrected chi connectivity index (χ4v) is 2.22. The third kappa shape index (κ3) is 3.46. The van der Waals surface area contributed by atoms with Gasteiger partial charge in [-0.3, -0.25) is 4.98 Å². The molecule has 0 spiro atoms. The van der Waals surface area contributed by atoms with E-state index in [0.717, 1.165) is 22.1 Å². The fourth-order valence-electron chi connectivity index (χ4n) is 2.02. The van der Waals surface area contributed by atoms with E-state index in [1.807, 2.05) is 32.3 Å². The molecule has 0 saturated carbocycles. The van der Waals surface area contributed by atoms with Crippen LogP contribution in [0.4, 0.5) is 5.82 Å². The van der Waals surface area contributed by atoms with Crippen LogP contribution in [0.1, 0.15) is 24.2 Å². The van der Waals surface area contributed by atoms with Crippen molar-refractivity contribution in [1.29, 1.82) is 0 Å². The molecule has 1 atom stereocenters. The number of nitrogens with one attached hydrogen (secondary N) is 1. The standard InChI is InChI=1S/C15H19ClN4/c1-11(12-5-4-6-13(16)7-12)20(3)15-10-18-9-14(19-15)8-17-2/h4-7,9-11,17H,8H2,1-3H3. The summed E-state index contributed by atoms with van der Waals surface area (Å²) >= 11 is 6.05. The van der Waals surface area contributed by atoms with Gasteiger partial charge in [-0.05, 0) is 31.7 Å². The van der Waals surface area contributed by atoms with Crippen LogP contribution in [0.3, 0.4) is 0 Å². The number of hydrogen-bond donors (Lipinski definition) is 1. The summed E-state index contributed by atoms with van der Waals surface area (Å²) in [6.07, 6.45) is 3.55. The van der Waals surface area contributed by atoms with Crippen LogP contribution in [-0.2, 0) is 6.54 Å². The van der Waals surface area contributed by atoms with Crippen molar-refractivity contribution in [3.8, 4) is 0 Å². The molecule has 1 heterocycles. The second-order valence-electron chi connectivity index (χ2n) is 4.74. The van der Waals surface area contributed by atoms with E-state index in [9.17, 15) is 0 Å². The molecule has 0 aliphatic carbocycles. The summed E-state index contributed by atoms with van der Waals surface area (Å²) < 4.78 is 0. The summed E-state index contributed by atoms with van der Waals surface area (Å²) in [7, 11) is 3.91. The predicted molar refractivity (Wildman–Crippen MR) is 83.1 cm³/mol. The van der Waals surface area contributed by atoms with Gasteiger partial charge in [-0.25, -0.2) is 4.98 Å². The zero-order valence-corrected chi connectivity index (χ0v) is 12.7. The van der Waals surface area contributed by atoms with Crippen LogP contribution in [-0.4, -0.2) is 24.1 Å². The van der Waals surface area contributed by atoms with Crippen LogP contribution in [0.2, 0.25) is 5.02 Å². The van der Waals surface area contributed by atoms with Crippen molar-refractivity contribution < 1.29 is 0 Å². The third-order valence-corrected chi connectivity index (χ3v) is 3.54. The molecule has 0 aliphatic heterocycles. The van der Waals surface area contributed by atoms with Crippen molar-refractivity contribution in [3.63, 3.8) is 0 Å². The first-order valence-corrected chi connectivity index (χ1v) is 6.93. The average molecular weight is 291 g/mol. The van der Waals surface area contributed by atoms with Gasteiger partial charge in [-0.1, -0.05) is 23.7 Å². The van der Waals surface area contributed by atoms with Gasteiger partial charge in [0, 0.05) is 24.8 Å². The minimum absolute atomic E-state index is 0.174. The molecule has 0 saturated heterocycles. The normalized spacial score (nSPS) is 12.2. The van der Waals surface area contributed by atoms with E-state index in [2.05, 4.69) is 33.2 Å². The molecule has 0 aliphatic rings. The second kappa shape index (κ2) is 6.68. The number of anilines is 1. The zero-order chi connectivity index (χ0) is 14.5. The second-order valence-corrected chi connectivity index (χ2v) is 5.18. The molecular formula is C15H19ClN4. The predicted octanol–water partition coefficient (Wildman–Crippen LogP) is 3.05. The van der Waals surface area contributed by atoms with Crippen LogP contribution in [0.15, 0.2) is 36.7 Å². The molecule has 5 heteroatoms. The molecule has 4 nitrogen and oxygen atoms in total. The van der Waals surface area contributed by atoms with Crippen LogP contribution < -0.4 is 10.2 Å². The van der Waals surface area contributed by atoms with Crippen molar-refractivity contribution in [2.75, 3.05) is 19.0 Å². The van der Waals surface area contributed by atoms with E-state index >= 15 is 0 Å². The zero-order valence-electron chi connectivity index (χ0n) is 12.0. The lowest BCUT2D eigenvalue weighted by atomic mass is 10.1. The van der Waals surface area contributed by atoms with Gasteiger partial charge < -0.3 is 10.2 Å². The highest BCUT2D eigenvalue weighted by Gasteiger charge is 2.14. The maximum absolute atomic E-state index is 6.05. The van der Waals surface area contributed by atoms with Gasteiger partial charge >= 0.3 is 0 Å². The van der Waals surface area contributed by atoms with Gasteiger partial charge in [0.15, 0.2) is 0 Å². The molecule has 1 aromatic carbocycles. The molecule has 1 unspecified atom stereocenters. The smallest absolute Gasteiger partial charge is 0.147 e. The van der Waals surface area contributed by atoms with Gasteiger partial charge in [0.2, 0.25) is 0 Å². The van der Waals surface area contributed by atoms with Crippen molar-refractivity contribution in [2.45, 2.75) is 19.5 Å². The largest absolute Gasteiger partial charge is 0.352 e. The first kappa shape index (κ1) is 14.8. The Balaban J connectivity index is 2.21. The summed E-state index contributed by atoms with van der Waals surface area (Å²) in [4.78, 5) is 10.9. The average Bonchev–Trinajstić information content (AvgIpc) is 2.46. The van der Waals surface area contributed by atoms with Crippen molar-refractivity contribution in [2.24, 2.45) is 0 Å². The minimum Gasteiger partial charge on any atom is -0.352 e. The Hall–Kier alpha value is -1.65. The Morgan fingerprint density at radius 1 is 1.35 bits per heavy atom. The molecule has 0 amide bonds. The summed E-state index contributed by atoms with van der Waals surface area (Å²) in [5, 5.41) is 3.83. The van der Waals surface area contributed by atoms with Gasteiger partial charge in [-0.2, -0.15) is 0 Å². The third-order valence-electron chi connectivity index (χ3n) is 3.30. The van der Waals surface area contributed by atoms with E-state index in [4.69, 9.17) is 11.6 Å². The van der Waals surface area contributed by atoms with Crippen molar-refractivity contribution in [3.05, 3.63) is 52.9 Å². The summed E-state index contributed by atoms with van der Waals surface area (Å²) in [6, 6.07) is 8.06. The number of hydrogen-bond acceptors (Lipinski definition) is 4. The number of rotatable bonds is 5. The maximum atomic E-state index is 6.05. The fraction of sp³-hybridized carbons (Fsp3) is 0.333. The molecule has 2 aromatic rings. The van der Waals surface area contributed by atoms with Crippen molar-refractivity contribution in [1.82, 2.24) is 15.3 Å². The molecule has 1 aromatic heterocycles. The van der Waals surface area contributed by atoms with E-state index in [1.165, 1.54) is 0 Å². The van der Waals surface area contributed by atoms with E-state index in [-0.39, 0.29) is 6.04 Å². The van der Waals surface area contributed by atoms with Gasteiger partial charge in [-0.15, -0.1) is 0 Å². The van der Waals surface area contributed by atoms with Crippen LogP contribution >= 0.6 is 11.6 Å². The van der Waals surface area contributed by atoms with E-state index < -0.39 is 0 Å². The van der Waals surface area contributed by atoms with E-state index in [0.29, 0.717) is 6.54 Å². The number of benzene rings is 1. The Morgan fingerprint density at radius 3 is 2.85 bits per heavy atom. The van der Waals surface area contributed by atoms with E-state index in [1.54, 1.807) is 12.4 Å². The van der Waals surface area contributed by atoms with Crippen LogP contribution in [0, 0.1) is 0 Å². The number of nitrogens with zero attached hydrogens (tertiary/aromatic N) is 3. The number of aromatic nitrogens is 2. The highest BCUT2D eigenvalue weighted by Crippen LogP contribution is 2.25. The molecule has 0 fully saturated rings. The van der Waals surface area contributed by atoms with Crippen LogP contribution in [0.25, 0.3) is 0 Å². The highest BCUT2D eigenvalue weighted by atomic mass is 35.5. The monoisotopic (exact) mass is 290 g/mol. The lowest BCUT2D eigenvalue weighted by Gasteiger charge is -2.26. The van der Waals surface area contributed by atoms with Gasteiger partial charge in [0.05, 0.1) is 17.9 Å². The quantitative estimate of drug-likeness (QED) is 0.919. The molecule has 2 rings (SSSR count). The summed E-state index contributed by atoms with van der Waals surface area (Å²) in [6.45, 7) is 2.83. The number of halogens is 1. The Bertz CT molecular complexity index is 573. The first-order chi connectivity index (χ1) is 9.61. The molecule has 1 N–H and O–H groups in total. The topological polar surface area (TPSA) is 41.1 Å². The molecule has 20 heavy (non-hydrogen) atoms. The Labute approximate surface area is 124 Å². The SMILES string of the molecule is CNCc1cncc(N(C)C(C)c2cccc(Cl)c2)n1. The lowest BCUT2D eigenvalue weighted by Crippen LogP contribution is -2.23. The van der Waals surface area contributed by atoms with Gasteiger partial charge in [0.1, 0.15) is 5.82 Å². The first-order valence-electron chi connectivity index (χ1n) is 6.55. The molecule has 0 bridgehead atoms. The molecule has 0 radical (unpaired) electrons. The maximum Gasteiger partial charge on any atom is 0.147 e. The Morgan fingerprint density at radius 2 is 2.15 bits per heavy atom. The lowest BCUT2D eigenvalue weighted by molar-refractivity contribution is 0.714. The summed E-state index contributed by atoms with van der Waals surface area (Å²) in [5.74, 6) is 0.852. The summed E-state index contributed by atoms with van der Waals surface area (Å²) in [5.41, 5.74) is 2.08. The highest BCUT2D eigenvalue weighted by molar-refractivity contribution is 6.30. The molecular weight excluding hydrogens is 272 g/mol. The van der Waals surface area contributed by atoms with Crippen LogP contribution in [0.5, 0.6) is 0 Å². The van der Waals surface area contributed by atoms with Crippen molar-refractivity contribution >= 4 is 17.4 Å². The Kier molecular flexibility index (Phi) is 4.93. The minimum atomic E-state index is 0.174. The molecule has 106 valence electrons.